The number of hydrogen-bond donors (Lipinski definition) is 4. The summed E-state index contributed by atoms with van der Waals surface area (Å²) in [6.45, 7) is 2.25. The molecule has 0 aromatic rings. The molecule has 4 N–H and O–H groups in total. The van der Waals surface area contributed by atoms with Gasteiger partial charge in [-0.1, -0.05) is 0 Å². The van der Waals surface area contributed by atoms with Gasteiger partial charge in [-0.05, 0) is 19.4 Å². The Morgan fingerprint density at radius 3 is 2.78 bits per heavy atom. The maximum Gasteiger partial charge on any atom is 0.331 e. The zero-order chi connectivity index (χ0) is 19.9. The third-order valence-electron chi connectivity index (χ3n) is 5.37. The SMILES string of the molecule is CC(O)C1C(=O)N2C(C(=O)O)C(SC3CNC(C(=O)N(C)CCO)C3)=C[C@@H]12. The molecule has 27 heavy (non-hydrogen) atoms. The van der Waals surface area contributed by atoms with E-state index < -0.39 is 24.0 Å². The van der Waals surface area contributed by atoms with Crippen molar-refractivity contribution in [2.75, 3.05) is 26.7 Å². The van der Waals surface area contributed by atoms with Crippen LogP contribution >= 0.6 is 11.8 Å². The van der Waals surface area contributed by atoms with Gasteiger partial charge in [0.2, 0.25) is 11.8 Å². The molecule has 150 valence electrons. The van der Waals surface area contributed by atoms with E-state index in [4.69, 9.17) is 5.11 Å². The lowest BCUT2D eigenvalue weighted by Gasteiger charge is -2.45. The molecule has 0 radical (unpaired) electrons. The number of aliphatic hydroxyl groups is 2. The van der Waals surface area contributed by atoms with Crippen molar-refractivity contribution in [2.24, 2.45) is 5.92 Å². The fourth-order valence-electron chi connectivity index (χ4n) is 3.97. The van der Waals surface area contributed by atoms with Gasteiger partial charge in [-0.3, -0.25) is 9.59 Å². The molecule has 2 amide bonds. The van der Waals surface area contributed by atoms with Crippen molar-refractivity contribution in [3.63, 3.8) is 0 Å². The topological polar surface area (TPSA) is 130 Å². The van der Waals surface area contributed by atoms with Gasteiger partial charge in [-0.25, -0.2) is 4.79 Å². The van der Waals surface area contributed by atoms with Crippen LogP contribution in [-0.4, -0.2) is 99.1 Å². The molecule has 3 rings (SSSR count). The number of carbonyl (C=O) groups excluding carboxylic acids is 2. The van der Waals surface area contributed by atoms with Crippen molar-refractivity contribution in [3.05, 3.63) is 11.0 Å². The molecule has 2 fully saturated rings. The maximum absolute atomic E-state index is 12.3. The van der Waals surface area contributed by atoms with Crippen LogP contribution in [0.5, 0.6) is 0 Å². The Bertz CT molecular complexity index is 669. The minimum Gasteiger partial charge on any atom is -0.479 e. The number of rotatable bonds is 7. The third kappa shape index (κ3) is 3.58. The number of carboxylic acids is 1. The Morgan fingerprint density at radius 1 is 1.48 bits per heavy atom. The van der Waals surface area contributed by atoms with Crippen LogP contribution in [0.15, 0.2) is 11.0 Å². The van der Waals surface area contributed by atoms with E-state index in [1.165, 1.54) is 28.5 Å². The molecule has 0 aliphatic carbocycles. The molecule has 0 aromatic heterocycles. The van der Waals surface area contributed by atoms with Crippen molar-refractivity contribution in [1.29, 1.82) is 0 Å². The number of fused-ring (bicyclic) bond motifs is 1. The standard InChI is InChI=1S/C17H25N3O6S/c1-8(22)13-11-6-12(14(17(25)26)20(11)16(13)24)27-9-5-10(18-7-9)15(23)19(2)3-4-21/h6,8-11,13-14,18,21-22H,3-5,7H2,1-2H3,(H,25,26)/t8?,9?,10?,11-,13?,14?/m0/s1. The summed E-state index contributed by atoms with van der Waals surface area (Å²) in [5, 5.41) is 31.5. The summed E-state index contributed by atoms with van der Waals surface area (Å²) in [5.41, 5.74) is 0. The number of aliphatic hydroxyl groups excluding tert-OH is 2. The number of aliphatic carboxylic acids is 1. The van der Waals surface area contributed by atoms with E-state index in [-0.39, 0.29) is 42.3 Å². The average Bonchev–Trinajstić information content (AvgIpc) is 3.17. The van der Waals surface area contributed by atoms with E-state index in [0.29, 0.717) is 17.9 Å². The number of nitrogens with one attached hydrogen (secondary N) is 1. The van der Waals surface area contributed by atoms with Crippen LogP contribution in [0.3, 0.4) is 0 Å². The molecule has 10 heteroatoms. The Kier molecular flexibility index (Phi) is 5.80. The number of likely N-dealkylation sites (N-methyl/N-ethyl adjacent to an activating group) is 1. The van der Waals surface area contributed by atoms with Crippen LogP contribution in [-0.2, 0) is 14.4 Å². The Hall–Kier alpha value is -1.62. The molecule has 3 aliphatic heterocycles. The highest BCUT2D eigenvalue weighted by molar-refractivity contribution is 8.03. The van der Waals surface area contributed by atoms with Gasteiger partial charge in [0.15, 0.2) is 6.04 Å². The third-order valence-corrected chi connectivity index (χ3v) is 6.69. The predicted octanol–water partition coefficient (Wildman–Crippen LogP) is -1.54. The van der Waals surface area contributed by atoms with Crippen LogP contribution in [0.25, 0.3) is 0 Å². The number of nitrogens with zero attached hydrogens (tertiary/aromatic N) is 2. The van der Waals surface area contributed by atoms with Crippen LogP contribution in [0, 0.1) is 5.92 Å². The minimum atomic E-state index is -1.09. The second-order valence-corrected chi connectivity index (χ2v) is 8.61. The van der Waals surface area contributed by atoms with Gasteiger partial charge < -0.3 is 30.4 Å². The zero-order valence-electron chi connectivity index (χ0n) is 15.2. The van der Waals surface area contributed by atoms with E-state index in [1.54, 1.807) is 13.1 Å². The molecule has 3 heterocycles. The molecule has 0 bridgehead atoms. The fraction of sp³-hybridized carbons (Fsp3) is 0.706. The van der Waals surface area contributed by atoms with Gasteiger partial charge in [0.1, 0.15) is 0 Å². The molecule has 3 aliphatic rings. The van der Waals surface area contributed by atoms with E-state index in [9.17, 15) is 24.6 Å². The molecule has 0 spiro atoms. The largest absolute Gasteiger partial charge is 0.479 e. The normalized spacial score (nSPS) is 33.3. The first-order valence-electron chi connectivity index (χ1n) is 8.96. The summed E-state index contributed by atoms with van der Waals surface area (Å²) in [4.78, 5) is 39.7. The van der Waals surface area contributed by atoms with Crippen LogP contribution in [0.2, 0.25) is 0 Å². The number of hydrogen-bond acceptors (Lipinski definition) is 7. The van der Waals surface area contributed by atoms with Gasteiger partial charge in [0.25, 0.3) is 0 Å². The number of thioether (sulfide) groups is 1. The van der Waals surface area contributed by atoms with Gasteiger partial charge in [-0.15, -0.1) is 11.8 Å². The summed E-state index contributed by atoms with van der Waals surface area (Å²) < 4.78 is 0. The first-order chi connectivity index (χ1) is 12.8. The second-order valence-electron chi connectivity index (χ2n) is 7.23. The predicted molar refractivity (Wildman–Crippen MR) is 97.8 cm³/mol. The minimum absolute atomic E-state index is 0.00776. The summed E-state index contributed by atoms with van der Waals surface area (Å²) in [5.74, 6) is -2.11. The summed E-state index contributed by atoms with van der Waals surface area (Å²) in [6, 6.07) is -1.77. The van der Waals surface area contributed by atoms with Crippen molar-refractivity contribution < 1.29 is 29.7 Å². The second kappa shape index (κ2) is 7.78. The number of amides is 2. The molecule has 0 aromatic carbocycles. The molecular weight excluding hydrogens is 374 g/mol. The van der Waals surface area contributed by atoms with Crippen molar-refractivity contribution >= 4 is 29.5 Å². The first-order valence-corrected chi connectivity index (χ1v) is 9.84. The quantitative estimate of drug-likeness (QED) is 0.379. The highest BCUT2D eigenvalue weighted by Gasteiger charge is 2.58. The molecule has 5 unspecified atom stereocenters. The Balaban J connectivity index is 1.66. The first kappa shape index (κ1) is 20.1. The molecule has 6 atom stereocenters. The van der Waals surface area contributed by atoms with E-state index >= 15 is 0 Å². The average molecular weight is 399 g/mol. The van der Waals surface area contributed by atoms with Gasteiger partial charge in [0.05, 0.1) is 30.7 Å². The summed E-state index contributed by atoms with van der Waals surface area (Å²) in [7, 11) is 1.63. The number of carbonyl (C=O) groups is 3. The summed E-state index contributed by atoms with van der Waals surface area (Å²) in [6.07, 6.45) is 1.49. The van der Waals surface area contributed by atoms with Crippen molar-refractivity contribution in [3.8, 4) is 0 Å². The Labute approximate surface area is 161 Å². The van der Waals surface area contributed by atoms with E-state index in [2.05, 4.69) is 5.32 Å². The van der Waals surface area contributed by atoms with Crippen molar-refractivity contribution in [2.45, 2.75) is 42.8 Å². The highest BCUT2D eigenvalue weighted by atomic mass is 32.2. The molecule has 0 saturated carbocycles. The van der Waals surface area contributed by atoms with Crippen LogP contribution < -0.4 is 5.32 Å². The highest BCUT2D eigenvalue weighted by Crippen LogP contribution is 2.45. The summed E-state index contributed by atoms with van der Waals surface area (Å²) >= 11 is 1.38. The monoisotopic (exact) mass is 399 g/mol. The Morgan fingerprint density at radius 2 is 2.19 bits per heavy atom. The molecular formula is C17H25N3O6S. The van der Waals surface area contributed by atoms with Crippen LogP contribution in [0.4, 0.5) is 0 Å². The van der Waals surface area contributed by atoms with Gasteiger partial charge >= 0.3 is 5.97 Å². The van der Waals surface area contributed by atoms with E-state index in [1.807, 2.05) is 0 Å². The smallest absolute Gasteiger partial charge is 0.331 e. The maximum atomic E-state index is 12.3. The van der Waals surface area contributed by atoms with Crippen molar-refractivity contribution in [1.82, 2.24) is 15.1 Å². The van der Waals surface area contributed by atoms with E-state index in [0.717, 1.165) is 0 Å². The lowest BCUT2D eigenvalue weighted by molar-refractivity contribution is -0.167. The number of carboxylic acid groups (broad SMARTS) is 1. The lowest BCUT2D eigenvalue weighted by Crippen LogP contribution is -2.65. The lowest BCUT2D eigenvalue weighted by atomic mass is 9.84. The van der Waals surface area contributed by atoms with Gasteiger partial charge in [0, 0.05) is 30.3 Å². The van der Waals surface area contributed by atoms with Crippen LogP contribution in [0.1, 0.15) is 13.3 Å². The fourth-order valence-corrected chi connectivity index (χ4v) is 5.39. The molecule has 2 saturated heterocycles. The van der Waals surface area contributed by atoms with Gasteiger partial charge in [-0.2, -0.15) is 0 Å². The number of β-lactam (4-membered cyclic amide) rings is 1. The molecule has 9 nitrogen and oxygen atoms in total. The zero-order valence-corrected chi connectivity index (χ0v) is 16.1.